The number of hydrogen-bond donors (Lipinski definition) is 2. The van der Waals surface area contributed by atoms with Crippen LogP contribution in [0.2, 0.25) is 5.02 Å². The molecule has 11 heteroatoms. The summed E-state index contributed by atoms with van der Waals surface area (Å²) >= 11 is 5.82. The molecule has 0 aromatic heterocycles. The summed E-state index contributed by atoms with van der Waals surface area (Å²) in [6.07, 6.45) is 0. The van der Waals surface area contributed by atoms with Gasteiger partial charge in [0.15, 0.2) is 0 Å². The lowest BCUT2D eigenvalue weighted by atomic mass is 10.2. The number of carbonyl (C=O) groups excluding carboxylic acids is 2. The van der Waals surface area contributed by atoms with Crippen molar-refractivity contribution in [1.82, 2.24) is 5.32 Å². The molecule has 0 bridgehead atoms. The van der Waals surface area contributed by atoms with Crippen LogP contribution in [0.25, 0.3) is 0 Å². The fourth-order valence-electron chi connectivity index (χ4n) is 3.59. The van der Waals surface area contributed by atoms with Gasteiger partial charge in [0, 0.05) is 30.4 Å². The van der Waals surface area contributed by atoms with Crippen LogP contribution in [0.3, 0.4) is 0 Å². The topological polar surface area (TPSA) is 114 Å². The van der Waals surface area contributed by atoms with Crippen molar-refractivity contribution in [3.63, 3.8) is 0 Å². The van der Waals surface area contributed by atoms with Crippen molar-refractivity contribution in [3.8, 4) is 11.5 Å². The molecule has 2 N–H and O–H groups in total. The Bertz CT molecular complexity index is 1490. The number of nitro benzene ring substituents is 1. The van der Waals surface area contributed by atoms with E-state index in [0.717, 1.165) is 6.07 Å². The second kappa shape index (κ2) is 12.5. The summed E-state index contributed by atoms with van der Waals surface area (Å²) in [5.74, 6) is -0.00696. The van der Waals surface area contributed by atoms with Crippen LogP contribution < -0.4 is 20.3 Å². The van der Waals surface area contributed by atoms with E-state index in [1.54, 1.807) is 42.5 Å². The number of nitro groups is 1. The smallest absolute Gasteiger partial charge is 0.326 e. The minimum atomic E-state index is -0.681. The molecule has 0 atom stereocenters. The number of anilines is 2. The van der Waals surface area contributed by atoms with Crippen LogP contribution in [0, 0.1) is 15.9 Å². The quantitative estimate of drug-likeness (QED) is 0.179. The summed E-state index contributed by atoms with van der Waals surface area (Å²) in [5.41, 5.74) is 0.0959. The van der Waals surface area contributed by atoms with Gasteiger partial charge in [-0.25, -0.2) is 9.18 Å². The Hall–Kier alpha value is -4.96. The molecule has 0 aliphatic heterocycles. The van der Waals surface area contributed by atoms with E-state index in [4.69, 9.17) is 16.3 Å². The highest BCUT2D eigenvalue weighted by molar-refractivity contribution is 6.32. The first-order valence-corrected chi connectivity index (χ1v) is 12.1. The fraction of sp³-hybridized carbons (Fsp3) is 0.0714. The summed E-state index contributed by atoms with van der Waals surface area (Å²) < 4.78 is 20.0. The van der Waals surface area contributed by atoms with Gasteiger partial charge in [-0.1, -0.05) is 41.9 Å². The van der Waals surface area contributed by atoms with Crippen LogP contribution in [0.4, 0.5) is 26.2 Å². The molecule has 3 amide bonds. The lowest BCUT2D eigenvalue weighted by molar-refractivity contribution is -0.384. The molecule has 198 valence electrons. The van der Waals surface area contributed by atoms with Crippen molar-refractivity contribution in [2.75, 3.05) is 23.3 Å². The number of para-hydroxylation sites is 2. The van der Waals surface area contributed by atoms with Gasteiger partial charge in [0.25, 0.3) is 11.6 Å². The van der Waals surface area contributed by atoms with Gasteiger partial charge in [-0.05, 0) is 60.7 Å². The maximum absolute atomic E-state index is 14.2. The molecule has 0 saturated heterocycles. The molecule has 0 radical (unpaired) electrons. The van der Waals surface area contributed by atoms with E-state index in [2.05, 4.69) is 10.6 Å². The molecule has 39 heavy (non-hydrogen) atoms. The molecule has 0 spiro atoms. The molecule has 4 aromatic rings. The summed E-state index contributed by atoms with van der Waals surface area (Å²) in [6.45, 7) is -0.0111. The zero-order valence-electron chi connectivity index (χ0n) is 20.3. The number of benzene rings is 4. The van der Waals surface area contributed by atoms with E-state index in [1.807, 2.05) is 18.2 Å². The molecule has 0 saturated carbocycles. The predicted octanol–water partition coefficient (Wildman–Crippen LogP) is 6.65. The van der Waals surface area contributed by atoms with Crippen molar-refractivity contribution >= 4 is 40.6 Å². The van der Waals surface area contributed by atoms with E-state index >= 15 is 0 Å². The summed E-state index contributed by atoms with van der Waals surface area (Å²) in [6, 6.07) is 24.6. The average Bonchev–Trinajstić information content (AvgIpc) is 2.93. The van der Waals surface area contributed by atoms with Crippen LogP contribution in [0.15, 0.2) is 97.1 Å². The van der Waals surface area contributed by atoms with Gasteiger partial charge < -0.3 is 15.4 Å². The minimum Gasteiger partial charge on any atom is -0.457 e. The fourth-order valence-corrected chi connectivity index (χ4v) is 3.78. The molecular weight excluding hydrogens is 527 g/mol. The number of urea groups is 1. The number of nitrogens with one attached hydrogen (secondary N) is 2. The molecule has 0 fully saturated rings. The Morgan fingerprint density at radius 3 is 2.28 bits per heavy atom. The first kappa shape index (κ1) is 27.1. The average molecular weight is 549 g/mol. The van der Waals surface area contributed by atoms with Crippen LogP contribution in [0.1, 0.15) is 10.4 Å². The lowest BCUT2D eigenvalue weighted by Crippen LogP contribution is -2.41. The van der Waals surface area contributed by atoms with Crippen LogP contribution in [-0.4, -0.2) is 30.0 Å². The minimum absolute atomic E-state index is 0.000593. The van der Waals surface area contributed by atoms with E-state index in [-0.39, 0.29) is 29.4 Å². The number of amides is 3. The highest BCUT2D eigenvalue weighted by Crippen LogP contribution is 2.26. The largest absolute Gasteiger partial charge is 0.457 e. The Kier molecular flexibility index (Phi) is 8.70. The van der Waals surface area contributed by atoms with Gasteiger partial charge in [0.05, 0.1) is 10.6 Å². The zero-order chi connectivity index (χ0) is 27.8. The van der Waals surface area contributed by atoms with Crippen molar-refractivity contribution in [1.29, 1.82) is 0 Å². The SMILES string of the molecule is O=C(NCCN(C(=O)Nc1ccccc1F)c1ccc(Oc2ccccc2)cc1)c1ccc(Cl)c([N+](=O)[O-])c1. The maximum Gasteiger partial charge on any atom is 0.326 e. The van der Waals surface area contributed by atoms with E-state index in [1.165, 1.54) is 35.2 Å². The van der Waals surface area contributed by atoms with Crippen molar-refractivity contribution < 1.29 is 23.6 Å². The highest BCUT2D eigenvalue weighted by atomic mass is 35.5. The van der Waals surface area contributed by atoms with Gasteiger partial charge in [0.1, 0.15) is 22.3 Å². The number of halogens is 2. The van der Waals surface area contributed by atoms with Gasteiger partial charge in [0.2, 0.25) is 0 Å². The Morgan fingerprint density at radius 2 is 1.59 bits per heavy atom. The van der Waals surface area contributed by atoms with Crippen LogP contribution in [0.5, 0.6) is 11.5 Å². The standard InChI is InChI=1S/C28H22ClFN4O5/c29-23-15-10-19(18-26(23)34(37)38)27(35)31-16-17-33(28(36)32-25-9-5-4-8-24(25)30)20-11-13-22(14-12-20)39-21-6-2-1-3-7-21/h1-15,18H,16-17H2,(H,31,35)(H,32,36). The second-order valence-corrected chi connectivity index (χ2v) is 8.56. The summed E-state index contributed by atoms with van der Waals surface area (Å²) in [4.78, 5) is 37.5. The molecule has 4 aromatic carbocycles. The molecule has 0 unspecified atom stereocenters. The van der Waals surface area contributed by atoms with Crippen LogP contribution >= 0.6 is 11.6 Å². The third-order valence-electron chi connectivity index (χ3n) is 5.51. The third-order valence-corrected chi connectivity index (χ3v) is 5.83. The second-order valence-electron chi connectivity index (χ2n) is 8.15. The molecule has 9 nitrogen and oxygen atoms in total. The molecule has 0 heterocycles. The first-order valence-electron chi connectivity index (χ1n) is 11.7. The number of ether oxygens (including phenoxy) is 1. The maximum atomic E-state index is 14.2. The van der Waals surface area contributed by atoms with Gasteiger partial charge in [-0.15, -0.1) is 0 Å². The monoisotopic (exact) mass is 548 g/mol. The number of nitrogens with zero attached hydrogens (tertiary/aromatic N) is 2. The predicted molar refractivity (Wildman–Crippen MR) is 146 cm³/mol. The normalized spacial score (nSPS) is 10.4. The van der Waals surface area contributed by atoms with Crippen molar-refractivity contribution in [2.24, 2.45) is 0 Å². The van der Waals surface area contributed by atoms with Gasteiger partial charge >= 0.3 is 6.03 Å². The third kappa shape index (κ3) is 7.08. The Labute approximate surface area is 227 Å². The Balaban J connectivity index is 1.49. The Morgan fingerprint density at radius 1 is 0.923 bits per heavy atom. The van der Waals surface area contributed by atoms with Gasteiger partial charge in [-0.3, -0.25) is 19.8 Å². The molecule has 0 aliphatic rings. The van der Waals surface area contributed by atoms with Crippen LogP contribution in [-0.2, 0) is 0 Å². The molecular formula is C28H22ClFN4O5. The van der Waals surface area contributed by atoms with Gasteiger partial charge in [-0.2, -0.15) is 0 Å². The highest BCUT2D eigenvalue weighted by Gasteiger charge is 2.19. The number of carbonyl (C=O) groups is 2. The van der Waals surface area contributed by atoms with E-state index in [9.17, 15) is 24.1 Å². The number of hydrogen-bond acceptors (Lipinski definition) is 5. The summed E-state index contributed by atoms with van der Waals surface area (Å²) in [7, 11) is 0. The number of rotatable bonds is 9. The summed E-state index contributed by atoms with van der Waals surface area (Å²) in [5, 5.41) is 16.2. The molecule has 4 rings (SSSR count). The van der Waals surface area contributed by atoms with Crippen molar-refractivity contribution in [3.05, 3.63) is 124 Å². The van der Waals surface area contributed by atoms with E-state index in [0.29, 0.717) is 17.2 Å². The van der Waals surface area contributed by atoms with Crippen molar-refractivity contribution in [2.45, 2.75) is 0 Å². The lowest BCUT2D eigenvalue weighted by Gasteiger charge is -2.24. The zero-order valence-corrected chi connectivity index (χ0v) is 21.1. The molecule has 0 aliphatic carbocycles. The first-order chi connectivity index (χ1) is 18.8. The van der Waals surface area contributed by atoms with E-state index < -0.39 is 28.4 Å².